The lowest BCUT2D eigenvalue weighted by molar-refractivity contribution is -0.117. The van der Waals surface area contributed by atoms with Crippen LogP contribution in [0, 0.1) is 0 Å². The molecule has 0 saturated carbocycles. The Morgan fingerprint density at radius 2 is 1.74 bits per heavy atom. The highest BCUT2D eigenvalue weighted by Gasteiger charge is 2.25. The summed E-state index contributed by atoms with van der Waals surface area (Å²) in [6, 6.07) is 7.65. The molecule has 6 nitrogen and oxygen atoms in total. The zero-order valence-corrected chi connectivity index (χ0v) is 19.4. The van der Waals surface area contributed by atoms with Gasteiger partial charge in [0.25, 0.3) is 5.91 Å². The second-order valence-electron chi connectivity index (χ2n) is 8.79. The summed E-state index contributed by atoms with van der Waals surface area (Å²) in [5.41, 5.74) is 7.46. The molecule has 2 N–H and O–H groups in total. The van der Waals surface area contributed by atoms with Crippen molar-refractivity contribution in [3.05, 3.63) is 57.6 Å². The molecular weight excluding hydrogens is 410 g/mol. The maximum atomic E-state index is 13.3. The van der Waals surface area contributed by atoms with Crippen LogP contribution in [0.15, 0.2) is 33.5 Å². The van der Waals surface area contributed by atoms with Gasteiger partial charge >= 0.3 is 0 Å². The third-order valence-corrected chi connectivity index (χ3v) is 7.65. The van der Waals surface area contributed by atoms with Gasteiger partial charge < -0.3 is 9.64 Å². The van der Waals surface area contributed by atoms with Crippen molar-refractivity contribution in [2.24, 2.45) is 9.50 Å². The molecule has 0 radical (unpaired) electrons. The third-order valence-electron chi connectivity index (χ3n) is 6.21. The summed E-state index contributed by atoms with van der Waals surface area (Å²) in [7, 11) is 2.04. The number of carbonyl (C=O) groups is 1. The first-order valence-corrected chi connectivity index (χ1v) is 12.4. The number of benzene rings is 2. The maximum absolute atomic E-state index is 13.3. The van der Waals surface area contributed by atoms with Crippen molar-refractivity contribution in [1.29, 1.82) is 0 Å². The average molecular weight is 442 g/mol. The SMILES string of the molecule is COc1cc(CN(C)C)ccc1S(N)(=O)=NC(=O)Cc1c2c(cc3c1CCC3)CCC2. The molecule has 1 unspecified atom stereocenters. The summed E-state index contributed by atoms with van der Waals surface area (Å²) in [6.07, 6.45) is 6.58. The molecule has 4 rings (SSSR count). The Labute approximate surface area is 185 Å². The third kappa shape index (κ3) is 4.54. The molecule has 1 amide bonds. The second-order valence-corrected chi connectivity index (χ2v) is 10.6. The number of fused-ring (bicyclic) bond motifs is 2. The quantitative estimate of drug-likeness (QED) is 0.746. The Kier molecular flexibility index (Phi) is 6.19. The van der Waals surface area contributed by atoms with Crippen molar-refractivity contribution in [1.82, 2.24) is 4.90 Å². The van der Waals surface area contributed by atoms with Gasteiger partial charge in [0.15, 0.2) is 0 Å². The molecule has 0 heterocycles. The van der Waals surface area contributed by atoms with E-state index < -0.39 is 15.8 Å². The van der Waals surface area contributed by atoms with Crippen LogP contribution in [0.3, 0.4) is 0 Å². The van der Waals surface area contributed by atoms with Gasteiger partial charge in [-0.3, -0.25) is 4.79 Å². The lowest BCUT2D eigenvalue weighted by atomic mass is 9.92. The number of methoxy groups -OCH3 is 1. The van der Waals surface area contributed by atoms with Crippen LogP contribution in [0.25, 0.3) is 0 Å². The number of nitrogens with zero attached hydrogens (tertiary/aromatic N) is 2. The smallest absolute Gasteiger partial charge is 0.259 e. The lowest BCUT2D eigenvalue weighted by Crippen LogP contribution is -2.18. The molecular formula is C24H31N3O3S. The highest BCUT2D eigenvalue weighted by Crippen LogP contribution is 2.35. The van der Waals surface area contributed by atoms with E-state index in [1.807, 2.05) is 25.1 Å². The van der Waals surface area contributed by atoms with E-state index >= 15 is 0 Å². The van der Waals surface area contributed by atoms with Crippen molar-refractivity contribution < 1.29 is 13.7 Å². The monoisotopic (exact) mass is 441 g/mol. The molecule has 2 aliphatic carbocycles. The second kappa shape index (κ2) is 8.73. The molecule has 31 heavy (non-hydrogen) atoms. The molecule has 0 aliphatic heterocycles. The molecule has 0 spiro atoms. The maximum Gasteiger partial charge on any atom is 0.259 e. The molecule has 2 aliphatic rings. The lowest BCUT2D eigenvalue weighted by Gasteiger charge is -2.15. The first kappa shape index (κ1) is 22.0. The zero-order chi connectivity index (χ0) is 22.2. The van der Waals surface area contributed by atoms with Crippen LogP contribution < -0.4 is 9.88 Å². The number of rotatable bonds is 6. The standard InChI is InChI=1S/C24H31N3O3S/c1-27(2)15-16-10-11-23(22(12-16)30-3)31(25,29)26-24(28)14-21-19-8-4-6-17(19)13-18-7-5-9-20(18)21/h10-13H,4-9,14-15H2,1-3H3,(H2,25,26,28,29). The summed E-state index contributed by atoms with van der Waals surface area (Å²) in [5, 5.41) is 6.10. The summed E-state index contributed by atoms with van der Waals surface area (Å²) in [6.45, 7) is 0.711. The van der Waals surface area contributed by atoms with E-state index in [4.69, 9.17) is 9.88 Å². The van der Waals surface area contributed by atoms with E-state index in [9.17, 15) is 9.00 Å². The van der Waals surface area contributed by atoms with Gasteiger partial charge in [-0.05, 0) is 98.1 Å². The van der Waals surface area contributed by atoms with Gasteiger partial charge in [-0.15, -0.1) is 4.36 Å². The van der Waals surface area contributed by atoms with Crippen LogP contribution in [-0.4, -0.2) is 36.2 Å². The Morgan fingerprint density at radius 3 is 2.32 bits per heavy atom. The minimum Gasteiger partial charge on any atom is -0.495 e. The van der Waals surface area contributed by atoms with Crippen molar-refractivity contribution >= 4 is 15.8 Å². The van der Waals surface area contributed by atoms with E-state index in [1.54, 1.807) is 12.1 Å². The number of hydrogen-bond donors (Lipinski definition) is 1. The summed E-state index contributed by atoms with van der Waals surface area (Å²) >= 11 is 0. The highest BCUT2D eigenvalue weighted by molar-refractivity contribution is 7.91. The molecule has 1 atom stereocenters. The van der Waals surface area contributed by atoms with Gasteiger partial charge in [0.2, 0.25) is 0 Å². The van der Waals surface area contributed by atoms with Crippen LogP contribution in [0.1, 0.15) is 46.2 Å². The van der Waals surface area contributed by atoms with Crippen molar-refractivity contribution in [2.45, 2.75) is 56.4 Å². The Hall–Kier alpha value is -2.22. The summed E-state index contributed by atoms with van der Waals surface area (Å²) < 4.78 is 22.7. The van der Waals surface area contributed by atoms with E-state index in [2.05, 4.69) is 10.4 Å². The van der Waals surface area contributed by atoms with Gasteiger partial charge in [-0.25, -0.2) is 9.35 Å². The van der Waals surface area contributed by atoms with Crippen LogP contribution in [-0.2, 0) is 53.4 Å². The van der Waals surface area contributed by atoms with E-state index in [0.717, 1.165) is 49.7 Å². The molecule has 7 heteroatoms. The van der Waals surface area contributed by atoms with Gasteiger partial charge in [0.05, 0.1) is 13.5 Å². The number of amides is 1. The number of aryl methyl sites for hydroxylation is 2. The predicted molar refractivity (Wildman–Crippen MR) is 123 cm³/mol. The van der Waals surface area contributed by atoms with Crippen molar-refractivity contribution in [3.63, 3.8) is 0 Å². The van der Waals surface area contributed by atoms with Crippen LogP contribution in [0.4, 0.5) is 0 Å². The number of nitrogens with two attached hydrogens (primary N) is 1. The van der Waals surface area contributed by atoms with Gasteiger partial charge in [0.1, 0.15) is 20.6 Å². The normalized spacial score (nSPS) is 16.7. The fourth-order valence-corrected chi connectivity index (χ4v) is 6.11. The van der Waals surface area contributed by atoms with Crippen molar-refractivity contribution in [3.8, 4) is 5.75 Å². The molecule has 2 aromatic rings. The number of carbonyl (C=O) groups excluding carboxylic acids is 1. The van der Waals surface area contributed by atoms with Gasteiger partial charge in [0, 0.05) is 6.54 Å². The molecule has 0 bridgehead atoms. The van der Waals surface area contributed by atoms with Gasteiger partial charge in [-0.1, -0.05) is 12.1 Å². The topological polar surface area (TPSA) is 85.0 Å². The molecule has 0 fully saturated rings. The van der Waals surface area contributed by atoms with Crippen molar-refractivity contribution in [2.75, 3.05) is 21.2 Å². The number of ether oxygens (including phenoxy) is 1. The summed E-state index contributed by atoms with van der Waals surface area (Å²) in [5.74, 6) is -0.0359. The first-order chi connectivity index (χ1) is 14.8. The van der Waals surface area contributed by atoms with E-state index in [0.29, 0.717) is 12.3 Å². The predicted octanol–water partition coefficient (Wildman–Crippen LogP) is 3.20. The molecule has 2 aromatic carbocycles. The Morgan fingerprint density at radius 1 is 1.10 bits per heavy atom. The van der Waals surface area contributed by atoms with E-state index in [-0.39, 0.29) is 11.3 Å². The average Bonchev–Trinajstić information content (AvgIpc) is 3.35. The molecule has 0 aromatic heterocycles. The summed E-state index contributed by atoms with van der Waals surface area (Å²) in [4.78, 5) is 15.2. The minimum absolute atomic E-state index is 0.167. The molecule has 166 valence electrons. The highest BCUT2D eigenvalue weighted by atomic mass is 32.2. The first-order valence-electron chi connectivity index (χ1n) is 10.8. The molecule has 0 saturated heterocycles. The van der Waals surface area contributed by atoms with Crippen LogP contribution in [0.5, 0.6) is 5.75 Å². The van der Waals surface area contributed by atoms with Crippen LogP contribution in [0.2, 0.25) is 0 Å². The van der Waals surface area contributed by atoms with Crippen LogP contribution >= 0.6 is 0 Å². The largest absolute Gasteiger partial charge is 0.495 e. The Bertz CT molecular complexity index is 1110. The van der Waals surface area contributed by atoms with E-state index in [1.165, 1.54) is 29.4 Å². The Balaban J connectivity index is 1.65. The number of hydrogen-bond acceptors (Lipinski definition) is 4. The van der Waals surface area contributed by atoms with Gasteiger partial charge in [-0.2, -0.15) is 0 Å². The fraction of sp³-hybridized carbons (Fsp3) is 0.458. The zero-order valence-electron chi connectivity index (χ0n) is 18.6. The minimum atomic E-state index is -3.41. The fourth-order valence-electron chi connectivity index (χ4n) is 4.95.